The van der Waals surface area contributed by atoms with E-state index in [0.29, 0.717) is 17.9 Å². The molecule has 0 spiro atoms. The highest BCUT2D eigenvalue weighted by Crippen LogP contribution is 2.26. The Hall–Kier alpha value is -0.730. The molecule has 1 aromatic carbocycles. The summed E-state index contributed by atoms with van der Waals surface area (Å²) in [6, 6.07) is 8.21. The van der Waals surface area contributed by atoms with Crippen LogP contribution in [-0.2, 0) is 11.2 Å². The number of ether oxygens (including phenoxy) is 2. The fraction of sp³-hybridized carbons (Fsp3) is 0.625. The summed E-state index contributed by atoms with van der Waals surface area (Å²) in [4.78, 5) is 0. The molecule has 0 bridgehead atoms. The van der Waals surface area contributed by atoms with Crippen LogP contribution in [-0.4, -0.2) is 25.7 Å². The van der Waals surface area contributed by atoms with Crippen molar-refractivity contribution in [2.24, 2.45) is 5.92 Å². The molecule has 0 aliphatic carbocycles. The molecule has 106 valence electrons. The van der Waals surface area contributed by atoms with E-state index in [-0.39, 0.29) is 0 Å². The summed E-state index contributed by atoms with van der Waals surface area (Å²) in [6.07, 6.45) is 6.13. The van der Waals surface area contributed by atoms with E-state index in [1.165, 1.54) is 18.4 Å². The maximum absolute atomic E-state index is 6.12. The Bertz CT molecular complexity index is 375. The average Bonchev–Trinajstić information content (AvgIpc) is 2.97. The lowest BCUT2D eigenvalue weighted by Crippen LogP contribution is -2.12. The molecular weight excluding hydrogens is 260 g/mol. The predicted octanol–water partition coefficient (Wildman–Crippen LogP) is 4.05. The molecule has 19 heavy (non-hydrogen) atoms. The van der Waals surface area contributed by atoms with E-state index in [9.17, 15) is 0 Å². The molecule has 1 aromatic rings. The number of para-hydroxylation sites is 1. The Balaban J connectivity index is 1.86. The Kier molecular flexibility index (Phi) is 5.99. The number of hydrogen-bond donors (Lipinski definition) is 0. The van der Waals surface area contributed by atoms with Gasteiger partial charge in [-0.3, -0.25) is 0 Å². The smallest absolute Gasteiger partial charge is 0.122 e. The number of hydrogen-bond acceptors (Lipinski definition) is 2. The number of halogens is 1. The van der Waals surface area contributed by atoms with E-state index in [1.54, 1.807) is 7.11 Å². The van der Waals surface area contributed by atoms with E-state index in [4.69, 9.17) is 21.1 Å². The summed E-state index contributed by atoms with van der Waals surface area (Å²) < 4.78 is 11.1. The van der Waals surface area contributed by atoms with Gasteiger partial charge in [0.2, 0.25) is 0 Å². The summed E-state index contributed by atoms with van der Waals surface area (Å²) >= 11 is 6.12. The van der Waals surface area contributed by atoms with Crippen molar-refractivity contribution in [2.75, 3.05) is 19.6 Å². The van der Waals surface area contributed by atoms with Crippen molar-refractivity contribution in [3.8, 4) is 5.75 Å². The first kappa shape index (κ1) is 14.7. The molecule has 1 aliphatic heterocycles. The number of alkyl halides is 1. The fourth-order valence-electron chi connectivity index (χ4n) is 2.71. The van der Waals surface area contributed by atoms with E-state index >= 15 is 0 Å². The van der Waals surface area contributed by atoms with Crippen LogP contribution in [0.4, 0.5) is 0 Å². The monoisotopic (exact) mass is 282 g/mol. The SMILES string of the molecule is COc1ccccc1CC(CCl)CCC1CCCO1. The molecule has 2 atom stereocenters. The van der Waals surface area contributed by atoms with E-state index in [2.05, 4.69) is 12.1 Å². The highest BCUT2D eigenvalue weighted by molar-refractivity contribution is 6.18. The largest absolute Gasteiger partial charge is 0.496 e. The van der Waals surface area contributed by atoms with Crippen molar-refractivity contribution in [1.82, 2.24) is 0 Å². The molecule has 0 amide bonds. The molecular formula is C16H23ClO2. The second kappa shape index (κ2) is 7.76. The minimum absolute atomic E-state index is 0.461. The van der Waals surface area contributed by atoms with Crippen LogP contribution in [0.3, 0.4) is 0 Å². The van der Waals surface area contributed by atoms with Gasteiger partial charge < -0.3 is 9.47 Å². The van der Waals surface area contributed by atoms with Crippen LogP contribution in [0.1, 0.15) is 31.2 Å². The molecule has 2 rings (SSSR count). The van der Waals surface area contributed by atoms with Crippen molar-refractivity contribution in [1.29, 1.82) is 0 Å². The van der Waals surface area contributed by atoms with Gasteiger partial charge in [-0.05, 0) is 49.7 Å². The van der Waals surface area contributed by atoms with Crippen molar-refractivity contribution < 1.29 is 9.47 Å². The summed E-state index contributed by atoms with van der Waals surface area (Å²) in [5.41, 5.74) is 1.25. The summed E-state index contributed by atoms with van der Waals surface area (Å²) in [5, 5.41) is 0. The van der Waals surface area contributed by atoms with Gasteiger partial charge in [-0.1, -0.05) is 18.2 Å². The zero-order valence-corrected chi connectivity index (χ0v) is 12.4. The van der Waals surface area contributed by atoms with Crippen molar-refractivity contribution >= 4 is 11.6 Å². The maximum Gasteiger partial charge on any atom is 0.122 e. The summed E-state index contributed by atoms with van der Waals surface area (Å²) in [6.45, 7) is 0.933. The van der Waals surface area contributed by atoms with Crippen LogP contribution in [0, 0.1) is 5.92 Å². The zero-order chi connectivity index (χ0) is 13.5. The van der Waals surface area contributed by atoms with Gasteiger partial charge in [0.1, 0.15) is 5.75 Å². The van der Waals surface area contributed by atoms with Gasteiger partial charge in [0.05, 0.1) is 13.2 Å². The Morgan fingerprint density at radius 3 is 2.95 bits per heavy atom. The zero-order valence-electron chi connectivity index (χ0n) is 11.6. The standard InChI is InChI=1S/C16H23ClO2/c1-18-16-7-3-2-5-14(16)11-13(12-17)8-9-15-6-4-10-19-15/h2-3,5,7,13,15H,4,6,8-12H2,1H3. The van der Waals surface area contributed by atoms with E-state index in [0.717, 1.165) is 31.6 Å². The van der Waals surface area contributed by atoms with Crippen LogP contribution < -0.4 is 4.74 Å². The van der Waals surface area contributed by atoms with E-state index in [1.807, 2.05) is 12.1 Å². The third-order valence-corrected chi connectivity index (χ3v) is 4.28. The predicted molar refractivity (Wildman–Crippen MR) is 79.1 cm³/mol. The lowest BCUT2D eigenvalue weighted by molar-refractivity contribution is 0.0988. The molecule has 0 aromatic heterocycles. The molecule has 1 saturated heterocycles. The Morgan fingerprint density at radius 2 is 2.26 bits per heavy atom. The highest BCUT2D eigenvalue weighted by Gasteiger charge is 2.18. The first-order valence-corrected chi connectivity index (χ1v) is 7.66. The fourth-order valence-corrected chi connectivity index (χ4v) is 2.97. The molecule has 1 fully saturated rings. The van der Waals surface area contributed by atoms with Gasteiger partial charge in [0.25, 0.3) is 0 Å². The van der Waals surface area contributed by atoms with Gasteiger partial charge in [-0.25, -0.2) is 0 Å². The van der Waals surface area contributed by atoms with Gasteiger partial charge >= 0.3 is 0 Å². The molecule has 2 nitrogen and oxygen atoms in total. The number of methoxy groups -OCH3 is 1. The van der Waals surface area contributed by atoms with Crippen molar-refractivity contribution in [2.45, 2.75) is 38.2 Å². The van der Waals surface area contributed by atoms with Crippen LogP contribution >= 0.6 is 11.6 Å². The third kappa shape index (κ3) is 4.39. The topological polar surface area (TPSA) is 18.5 Å². The van der Waals surface area contributed by atoms with Crippen LogP contribution in [0.5, 0.6) is 5.75 Å². The van der Waals surface area contributed by atoms with Crippen LogP contribution in [0.15, 0.2) is 24.3 Å². The second-order valence-electron chi connectivity index (χ2n) is 5.25. The first-order valence-electron chi connectivity index (χ1n) is 7.13. The third-order valence-electron chi connectivity index (χ3n) is 3.84. The summed E-state index contributed by atoms with van der Waals surface area (Å²) in [5.74, 6) is 2.17. The van der Waals surface area contributed by atoms with Crippen LogP contribution in [0.2, 0.25) is 0 Å². The van der Waals surface area contributed by atoms with Gasteiger partial charge in [-0.15, -0.1) is 11.6 Å². The molecule has 1 aliphatic rings. The first-order chi connectivity index (χ1) is 9.33. The molecule has 0 N–H and O–H groups in total. The Labute approximate surface area is 121 Å². The number of rotatable bonds is 7. The molecule has 0 saturated carbocycles. The Morgan fingerprint density at radius 1 is 1.42 bits per heavy atom. The molecule has 1 heterocycles. The average molecular weight is 283 g/mol. The number of benzene rings is 1. The van der Waals surface area contributed by atoms with Gasteiger partial charge in [-0.2, -0.15) is 0 Å². The lowest BCUT2D eigenvalue weighted by Gasteiger charge is -2.18. The van der Waals surface area contributed by atoms with Crippen molar-refractivity contribution in [3.63, 3.8) is 0 Å². The van der Waals surface area contributed by atoms with Gasteiger partial charge in [0, 0.05) is 12.5 Å². The summed E-state index contributed by atoms with van der Waals surface area (Å²) in [7, 11) is 1.72. The normalized spacial score (nSPS) is 20.4. The van der Waals surface area contributed by atoms with Gasteiger partial charge in [0.15, 0.2) is 0 Å². The lowest BCUT2D eigenvalue weighted by atomic mass is 9.94. The van der Waals surface area contributed by atoms with Crippen molar-refractivity contribution in [3.05, 3.63) is 29.8 Å². The quantitative estimate of drug-likeness (QED) is 0.703. The second-order valence-corrected chi connectivity index (χ2v) is 5.56. The molecule has 2 unspecified atom stereocenters. The minimum atomic E-state index is 0.461. The maximum atomic E-state index is 6.12. The molecule has 0 radical (unpaired) electrons. The minimum Gasteiger partial charge on any atom is -0.496 e. The van der Waals surface area contributed by atoms with Crippen LogP contribution in [0.25, 0.3) is 0 Å². The van der Waals surface area contributed by atoms with E-state index < -0.39 is 0 Å². The highest BCUT2D eigenvalue weighted by atomic mass is 35.5. The molecule has 3 heteroatoms.